The first-order valence-corrected chi connectivity index (χ1v) is 21.4. The van der Waals surface area contributed by atoms with Crippen LogP contribution in [0.15, 0.2) is 245 Å². The maximum absolute atomic E-state index is 6.73. The van der Waals surface area contributed by atoms with E-state index in [0.717, 1.165) is 117 Å². The minimum absolute atomic E-state index is 0.865. The number of hydrogen-bond donors (Lipinski definition) is 0. The van der Waals surface area contributed by atoms with Gasteiger partial charge in [0.05, 0.1) is 11.4 Å². The molecule has 10 aromatic carbocycles. The average molecular weight is 806 g/mol. The summed E-state index contributed by atoms with van der Waals surface area (Å²) in [6.45, 7) is 0. The number of para-hydroxylation sites is 5. The standard InChI is InChI=1S/C60H39NO2/c1-3-19-40(20-4-1)44-25-7-8-29-50(44)58-45(41-21-5-2-6-22-41)30-18-36-55(58)61(43-24-15-23-42(39-43)46-31-16-33-52-48-27-10-13-37-56(48)62-59(46)52)54-35-12-9-26-47(54)51-32-17-34-53-49-28-11-14-38-57(49)63-60(51)53/h1-39H. The SMILES string of the molecule is c1ccc(-c2ccccc2-c2c(-c3ccccc3)cccc2N(c2cccc(-c3cccc4c3oc3ccccc34)c2)c2ccccc2-c2cccc3c2oc2ccccc23)cc1. The van der Waals surface area contributed by atoms with Gasteiger partial charge in [-0.25, -0.2) is 0 Å². The van der Waals surface area contributed by atoms with Crippen LogP contribution in [0, 0.1) is 0 Å². The van der Waals surface area contributed by atoms with Gasteiger partial charge in [0.15, 0.2) is 0 Å². The zero-order valence-corrected chi connectivity index (χ0v) is 34.3. The Labute approximate surface area is 365 Å². The van der Waals surface area contributed by atoms with Gasteiger partial charge in [0.25, 0.3) is 0 Å². The third-order valence-electron chi connectivity index (χ3n) is 12.3. The summed E-state index contributed by atoms with van der Waals surface area (Å²) in [4.78, 5) is 2.45. The van der Waals surface area contributed by atoms with E-state index in [-0.39, 0.29) is 0 Å². The van der Waals surface area contributed by atoms with E-state index in [2.05, 4.69) is 223 Å². The molecule has 0 aliphatic heterocycles. The smallest absolute Gasteiger partial charge is 0.143 e. The molecule has 0 spiro atoms. The molecule has 0 saturated carbocycles. The molecule has 0 bridgehead atoms. The fourth-order valence-electron chi connectivity index (χ4n) is 9.49. The molecule has 2 aromatic heterocycles. The van der Waals surface area contributed by atoms with Gasteiger partial charge in [-0.15, -0.1) is 0 Å². The fraction of sp³-hybridized carbons (Fsp3) is 0. The van der Waals surface area contributed by atoms with Crippen LogP contribution >= 0.6 is 0 Å². The van der Waals surface area contributed by atoms with Crippen molar-refractivity contribution in [2.45, 2.75) is 0 Å². The van der Waals surface area contributed by atoms with Crippen molar-refractivity contribution in [1.29, 1.82) is 0 Å². The number of rotatable bonds is 8. The van der Waals surface area contributed by atoms with Crippen LogP contribution in [0.2, 0.25) is 0 Å². The van der Waals surface area contributed by atoms with Gasteiger partial charge in [-0.1, -0.05) is 200 Å². The second-order valence-corrected chi connectivity index (χ2v) is 15.9. The van der Waals surface area contributed by atoms with E-state index in [1.807, 2.05) is 18.2 Å². The van der Waals surface area contributed by atoms with Crippen LogP contribution in [0.4, 0.5) is 17.1 Å². The minimum Gasteiger partial charge on any atom is -0.455 e. The Morgan fingerprint density at radius 3 is 1.41 bits per heavy atom. The Morgan fingerprint density at radius 1 is 0.270 bits per heavy atom. The van der Waals surface area contributed by atoms with Gasteiger partial charge < -0.3 is 13.7 Å². The normalized spacial score (nSPS) is 11.5. The highest BCUT2D eigenvalue weighted by atomic mass is 16.3. The minimum atomic E-state index is 0.865. The quantitative estimate of drug-likeness (QED) is 0.153. The fourth-order valence-corrected chi connectivity index (χ4v) is 9.49. The first-order chi connectivity index (χ1) is 31.3. The summed E-state index contributed by atoms with van der Waals surface area (Å²) in [6.07, 6.45) is 0. The zero-order chi connectivity index (χ0) is 41.7. The third kappa shape index (κ3) is 6.21. The molecule has 0 N–H and O–H groups in total. The van der Waals surface area contributed by atoms with Crippen molar-refractivity contribution >= 4 is 60.9 Å². The summed E-state index contributed by atoms with van der Waals surface area (Å²) in [5.41, 5.74) is 17.6. The molecule has 0 unspecified atom stereocenters. The van der Waals surface area contributed by atoms with E-state index < -0.39 is 0 Å². The number of anilines is 3. The van der Waals surface area contributed by atoms with E-state index in [9.17, 15) is 0 Å². The maximum Gasteiger partial charge on any atom is 0.143 e. The lowest BCUT2D eigenvalue weighted by atomic mass is 9.87. The van der Waals surface area contributed by atoms with Crippen molar-refractivity contribution < 1.29 is 8.83 Å². The molecule has 0 saturated heterocycles. The molecule has 2 heterocycles. The predicted octanol–water partition coefficient (Wildman–Crippen LogP) is 17.3. The van der Waals surface area contributed by atoms with Crippen molar-refractivity contribution in [2.24, 2.45) is 0 Å². The lowest BCUT2D eigenvalue weighted by molar-refractivity contribution is 0.669. The largest absolute Gasteiger partial charge is 0.455 e. The van der Waals surface area contributed by atoms with E-state index in [1.54, 1.807) is 0 Å². The van der Waals surface area contributed by atoms with Gasteiger partial charge in [0.2, 0.25) is 0 Å². The molecular weight excluding hydrogens is 767 g/mol. The monoisotopic (exact) mass is 805 g/mol. The lowest BCUT2D eigenvalue weighted by Crippen LogP contribution is -2.13. The van der Waals surface area contributed by atoms with Crippen LogP contribution < -0.4 is 4.90 Å². The highest BCUT2D eigenvalue weighted by Crippen LogP contribution is 2.51. The van der Waals surface area contributed by atoms with E-state index in [1.165, 1.54) is 0 Å². The summed E-state index contributed by atoms with van der Waals surface area (Å²) in [5.74, 6) is 0. The Balaban J connectivity index is 1.16. The van der Waals surface area contributed by atoms with Gasteiger partial charge in [-0.3, -0.25) is 0 Å². The van der Waals surface area contributed by atoms with E-state index >= 15 is 0 Å². The Hall–Kier alpha value is -8.40. The Bertz CT molecular complexity index is 3640. The molecule has 0 fully saturated rings. The number of hydrogen-bond acceptors (Lipinski definition) is 3. The molecule has 12 aromatic rings. The van der Waals surface area contributed by atoms with E-state index in [4.69, 9.17) is 8.83 Å². The number of benzene rings is 10. The third-order valence-corrected chi connectivity index (χ3v) is 12.3. The molecule has 0 aliphatic carbocycles. The van der Waals surface area contributed by atoms with Crippen molar-refractivity contribution in [3.63, 3.8) is 0 Å². The second kappa shape index (κ2) is 15.3. The van der Waals surface area contributed by atoms with Crippen LogP contribution in [0.3, 0.4) is 0 Å². The first-order valence-electron chi connectivity index (χ1n) is 21.4. The Morgan fingerprint density at radius 2 is 0.714 bits per heavy atom. The molecular formula is C60H39NO2. The van der Waals surface area contributed by atoms with Crippen molar-refractivity contribution in [2.75, 3.05) is 4.90 Å². The van der Waals surface area contributed by atoms with Crippen molar-refractivity contribution in [1.82, 2.24) is 0 Å². The highest BCUT2D eigenvalue weighted by Gasteiger charge is 2.26. The summed E-state index contributed by atoms with van der Waals surface area (Å²) in [7, 11) is 0. The maximum atomic E-state index is 6.73. The molecule has 0 atom stereocenters. The van der Waals surface area contributed by atoms with Gasteiger partial charge in [0, 0.05) is 49.5 Å². The molecule has 12 rings (SSSR count). The van der Waals surface area contributed by atoms with Gasteiger partial charge in [-0.2, -0.15) is 0 Å². The summed E-state index contributed by atoms with van der Waals surface area (Å²) in [6, 6.07) is 84.2. The Kier molecular flexibility index (Phi) is 8.83. The molecule has 0 radical (unpaired) electrons. The predicted molar refractivity (Wildman–Crippen MR) is 263 cm³/mol. The number of nitrogens with zero attached hydrogens (tertiary/aromatic N) is 1. The molecule has 0 aliphatic rings. The summed E-state index contributed by atoms with van der Waals surface area (Å²) >= 11 is 0. The average Bonchev–Trinajstić information content (AvgIpc) is 3.94. The van der Waals surface area contributed by atoms with Crippen LogP contribution in [-0.4, -0.2) is 0 Å². The van der Waals surface area contributed by atoms with Crippen molar-refractivity contribution in [3.05, 3.63) is 237 Å². The number of furan rings is 2. The number of fused-ring (bicyclic) bond motifs is 6. The zero-order valence-electron chi connectivity index (χ0n) is 34.3. The van der Waals surface area contributed by atoms with Crippen LogP contribution in [0.1, 0.15) is 0 Å². The summed E-state index contributed by atoms with van der Waals surface area (Å²) < 4.78 is 13.4. The molecule has 296 valence electrons. The van der Waals surface area contributed by atoms with E-state index in [0.29, 0.717) is 0 Å². The van der Waals surface area contributed by atoms with Crippen LogP contribution in [0.25, 0.3) is 99.5 Å². The highest BCUT2D eigenvalue weighted by molar-refractivity contribution is 6.12. The lowest BCUT2D eigenvalue weighted by Gasteiger charge is -2.31. The molecule has 0 amide bonds. The van der Waals surface area contributed by atoms with Gasteiger partial charge >= 0.3 is 0 Å². The summed E-state index contributed by atoms with van der Waals surface area (Å²) in [5, 5.41) is 4.41. The molecule has 3 nitrogen and oxygen atoms in total. The van der Waals surface area contributed by atoms with Crippen molar-refractivity contribution in [3.8, 4) is 55.6 Å². The topological polar surface area (TPSA) is 29.5 Å². The second-order valence-electron chi connectivity index (χ2n) is 15.9. The molecule has 3 heteroatoms. The molecule has 63 heavy (non-hydrogen) atoms. The van der Waals surface area contributed by atoms with Gasteiger partial charge in [-0.05, 0) is 69.8 Å². The first kappa shape index (κ1) is 36.5. The van der Waals surface area contributed by atoms with Crippen LogP contribution in [-0.2, 0) is 0 Å². The van der Waals surface area contributed by atoms with Crippen LogP contribution in [0.5, 0.6) is 0 Å². The van der Waals surface area contributed by atoms with Gasteiger partial charge in [0.1, 0.15) is 22.3 Å².